The lowest BCUT2D eigenvalue weighted by Gasteiger charge is -2.21. The fourth-order valence-electron chi connectivity index (χ4n) is 1.73. The van der Waals surface area contributed by atoms with Crippen molar-refractivity contribution in [1.82, 2.24) is 9.55 Å². The number of primary amides is 1. The zero-order chi connectivity index (χ0) is 12.6. The van der Waals surface area contributed by atoms with Gasteiger partial charge in [-0.05, 0) is 26.0 Å². The number of nitrogens with zero attached hydrogens (tertiary/aromatic N) is 2. The number of carbonyl (C=O) groups is 1. The van der Waals surface area contributed by atoms with Crippen LogP contribution in [0.2, 0.25) is 0 Å². The molecule has 17 heavy (non-hydrogen) atoms. The van der Waals surface area contributed by atoms with Gasteiger partial charge in [0.1, 0.15) is 0 Å². The summed E-state index contributed by atoms with van der Waals surface area (Å²) in [4.78, 5) is 15.6. The van der Waals surface area contributed by atoms with Gasteiger partial charge in [-0.25, -0.2) is 4.98 Å². The highest BCUT2D eigenvalue weighted by atomic mass is 16.1. The van der Waals surface area contributed by atoms with Gasteiger partial charge < -0.3 is 16.0 Å². The third-order valence-corrected chi connectivity index (χ3v) is 2.90. The first-order valence-corrected chi connectivity index (χ1v) is 5.42. The summed E-state index contributed by atoms with van der Waals surface area (Å²) in [7, 11) is 0. The highest BCUT2D eigenvalue weighted by Crippen LogP contribution is 2.24. The number of imidazole rings is 1. The molecule has 5 nitrogen and oxygen atoms in total. The molecule has 2 rings (SSSR count). The number of nitrogen functional groups attached to an aromatic ring is 1. The van der Waals surface area contributed by atoms with E-state index in [9.17, 15) is 4.79 Å². The first-order valence-electron chi connectivity index (χ1n) is 5.42. The molecule has 0 bridgehead atoms. The van der Waals surface area contributed by atoms with Crippen molar-refractivity contribution >= 4 is 22.9 Å². The number of nitrogens with two attached hydrogens (primary N) is 2. The largest absolute Gasteiger partial charge is 0.369 e. The van der Waals surface area contributed by atoms with Crippen LogP contribution in [0, 0.1) is 5.41 Å². The summed E-state index contributed by atoms with van der Waals surface area (Å²) in [5.41, 5.74) is 12.3. The molecule has 1 aromatic heterocycles. The van der Waals surface area contributed by atoms with Crippen LogP contribution < -0.4 is 11.5 Å². The number of hydrogen-bond acceptors (Lipinski definition) is 3. The molecule has 2 aromatic rings. The summed E-state index contributed by atoms with van der Waals surface area (Å²) < 4.78 is 1.82. The number of aromatic nitrogens is 2. The maximum absolute atomic E-state index is 11.3. The SMILES string of the molecule is CC(C)(Cn1c(N)nc2ccccc21)C(N)=O. The van der Waals surface area contributed by atoms with Crippen molar-refractivity contribution in [3.63, 3.8) is 0 Å². The number of anilines is 1. The Bertz CT molecular complexity index is 571. The molecule has 0 radical (unpaired) electrons. The first kappa shape index (κ1) is 11.4. The Labute approximate surface area is 99.4 Å². The standard InChI is InChI=1S/C12H16N4O/c1-12(2,10(13)17)7-16-9-6-4-3-5-8(9)15-11(16)14/h3-6H,7H2,1-2H3,(H2,13,17)(H2,14,15). The molecule has 0 unspecified atom stereocenters. The van der Waals surface area contributed by atoms with Crippen molar-refractivity contribution < 1.29 is 4.79 Å². The Kier molecular flexibility index (Phi) is 2.53. The predicted molar refractivity (Wildman–Crippen MR) is 67.1 cm³/mol. The zero-order valence-electron chi connectivity index (χ0n) is 9.97. The number of fused-ring (bicyclic) bond motifs is 1. The molecule has 90 valence electrons. The molecule has 0 saturated heterocycles. The fourth-order valence-corrected chi connectivity index (χ4v) is 1.73. The number of hydrogen-bond donors (Lipinski definition) is 2. The van der Waals surface area contributed by atoms with Gasteiger partial charge in [-0.2, -0.15) is 0 Å². The number of carbonyl (C=O) groups excluding carboxylic acids is 1. The van der Waals surface area contributed by atoms with Crippen LogP contribution in [0.3, 0.4) is 0 Å². The van der Waals surface area contributed by atoms with Gasteiger partial charge in [-0.1, -0.05) is 12.1 Å². The van der Waals surface area contributed by atoms with Crippen LogP contribution in [0.25, 0.3) is 11.0 Å². The molecule has 0 atom stereocenters. The smallest absolute Gasteiger partial charge is 0.224 e. The second-order valence-corrected chi connectivity index (χ2v) is 4.79. The summed E-state index contributed by atoms with van der Waals surface area (Å²) in [6.07, 6.45) is 0. The molecule has 5 heteroatoms. The second kappa shape index (κ2) is 3.76. The molecule has 1 heterocycles. The van der Waals surface area contributed by atoms with Crippen LogP contribution in [0.1, 0.15) is 13.8 Å². The molecule has 0 aliphatic rings. The molecule has 0 aliphatic carbocycles. The summed E-state index contributed by atoms with van der Waals surface area (Å²) in [5.74, 6) is 0.0511. The van der Waals surface area contributed by atoms with Gasteiger partial charge in [0.15, 0.2) is 0 Å². The topological polar surface area (TPSA) is 86.9 Å². The minimum Gasteiger partial charge on any atom is -0.369 e. The molecule has 4 N–H and O–H groups in total. The Balaban J connectivity index is 2.49. The average molecular weight is 232 g/mol. The molecule has 0 fully saturated rings. The summed E-state index contributed by atoms with van der Waals surface area (Å²) >= 11 is 0. The van der Waals surface area contributed by atoms with Crippen LogP contribution in [0.4, 0.5) is 5.95 Å². The van der Waals surface area contributed by atoms with Crippen molar-refractivity contribution in [3.05, 3.63) is 24.3 Å². The maximum Gasteiger partial charge on any atom is 0.224 e. The molecule has 0 aliphatic heterocycles. The molecule has 1 amide bonds. The third-order valence-electron chi connectivity index (χ3n) is 2.90. The normalized spacial score (nSPS) is 11.9. The molecule has 0 spiro atoms. The van der Waals surface area contributed by atoms with Gasteiger partial charge in [0.2, 0.25) is 11.9 Å². The van der Waals surface area contributed by atoms with E-state index in [1.807, 2.05) is 28.8 Å². The monoisotopic (exact) mass is 232 g/mol. The van der Waals surface area contributed by atoms with Crippen molar-refractivity contribution in [2.24, 2.45) is 11.1 Å². The molecule has 0 saturated carbocycles. The number of para-hydroxylation sites is 2. The Hall–Kier alpha value is -2.04. The summed E-state index contributed by atoms with van der Waals surface area (Å²) in [6.45, 7) is 4.02. The Morgan fingerprint density at radius 1 is 1.41 bits per heavy atom. The Morgan fingerprint density at radius 3 is 2.71 bits per heavy atom. The minimum absolute atomic E-state index is 0.352. The molecular formula is C12H16N4O. The van der Waals surface area contributed by atoms with E-state index < -0.39 is 5.41 Å². The average Bonchev–Trinajstić information content (AvgIpc) is 2.55. The second-order valence-electron chi connectivity index (χ2n) is 4.79. The predicted octanol–water partition coefficient (Wildman–Crippen LogP) is 1.13. The van der Waals surface area contributed by atoms with Gasteiger partial charge >= 0.3 is 0 Å². The van der Waals surface area contributed by atoms with Gasteiger partial charge in [-0.15, -0.1) is 0 Å². The third kappa shape index (κ3) is 1.95. The van der Waals surface area contributed by atoms with Gasteiger partial charge in [0.25, 0.3) is 0 Å². The summed E-state index contributed by atoms with van der Waals surface area (Å²) in [6, 6.07) is 7.63. The van der Waals surface area contributed by atoms with Gasteiger partial charge in [0.05, 0.1) is 16.4 Å². The van der Waals surface area contributed by atoms with E-state index in [0.29, 0.717) is 12.5 Å². The first-order chi connectivity index (χ1) is 7.92. The fraction of sp³-hybridized carbons (Fsp3) is 0.333. The van der Waals surface area contributed by atoms with E-state index in [0.717, 1.165) is 11.0 Å². The van der Waals surface area contributed by atoms with E-state index in [1.54, 1.807) is 13.8 Å². The lowest BCUT2D eigenvalue weighted by atomic mass is 9.92. The lowest BCUT2D eigenvalue weighted by molar-refractivity contribution is -0.126. The van der Waals surface area contributed by atoms with E-state index >= 15 is 0 Å². The van der Waals surface area contributed by atoms with E-state index in [4.69, 9.17) is 11.5 Å². The molecule has 1 aromatic carbocycles. The highest BCUT2D eigenvalue weighted by molar-refractivity contribution is 5.81. The van der Waals surface area contributed by atoms with Crippen molar-refractivity contribution in [2.75, 3.05) is 5.73 Å². The minimum atomic E-state index is -0.655. The molecular weight excluding hydrogens is 216 g/mol. The number of amides is 1. The zero-order valence-corrected chi connectivity index (χ0v) is 9.97. The van der Waals surface area contributed by atoms with Crippen LogP contribution >= 0.6 is 0 Å². The van der Waals surface area contributed by atoms with Gasteiger partial charge in [0, 0.05) is 6.54 Å². The van der Waals surface area contributed by atoms with Crippen LogP contribution in [0.15, 0.2) is 24.3 Å². The van der Waals surface area contributed by atoms with Crippen LogP contribution in [0.5, 0.6) is 0 Å². The van der Waals surface area contributed by atoms with Crippen molar-refractivity contribution in [3.8, 4) is 0 Å². The van der Waals surface area contributed by atoms with Crippen LogP contribution in [-0.2, 0) is 11.3 Å². The van der Waals surface area contributed by atoms with Gasteiger partial charge in [-0.3, -0.25) is 4.79 Å². The van der Waals surface area contributed by atoms with Crippen molar-refractivity contribution in [1.29, 1.82) is 0 Å². The quantitative estimate of drug-likeness (QED) is 0.831. The maximum atomic E-state index is 11.3. The Morgan fingerprint density at radius 2 is 2.06 bits per heavy atom. The van der Waals surface area contributed by atoms with E-state index in [1.165, 1.54) is 0 Å². The number of rotatable bonds is 3. The lowest BCUT2D eigenvalue weighted by Crippen LogP contribution is -2.35. The number of benzene rings is 1. The summed E-state index contributed by atoms with van der Waals surface area (Å²) in [5, 5.41) is 0. The highest BCUT2D eigenvalue weighted by Gasteiger charge is 2.27. The van der Waals surface area contributed by atoms with E-state index in [-0.39, 0.29) is 5.91 Å². The van der Waals surface area contributed by atoms with E-state index in [2.05, 4.69) is 4.98 Å². The van der Waals surface area contributed by atoms with Crippen LogP contribution in [-0.4, -0.2) is 15.5 Å². The van der Waals surface area contributed by atoms with Crippen molar-refractivity contribution in [2.45, 2.75) is 20.4 Å².